The Morgan fingerprint density at radius 3 is 3.11 bits per heavy atom. The highest BCUT2D eigenvalue weighted by atomic mass is 16.5. The highest BCUT2D eigenvalue weighted by molar-refractivity contribution is 5.72. The van der Waals surface area contributed by atoms with Gasteiger partial charge in [0.05, 0.1) is 0 Å². The van der Waals surface area contributed by atoms with E-state index in [0.29, 0.717) is 0 Å². The molecule has 0 bridgehead atoms. The van der Waals surface area contributed by atoms with Crippen LogP contribution in [0.1, 0.15) is 32.1 Å². The lowest BCUT2D eigenvalue weighted by Gasteiger charge is -2.24. The van der Waals surface area contributed by atoms with Crippen molar-refractivity contribution in [3.8, 4) is 5.75 Å². The van der Waals surface area contributed by atoms with Crippen LogP contribution in [0, 0.1) is 5.92 Å². The van der Waals surface area contributed by atoms with Crippen molar-refractivity contribution in [1.29, 1.82) is 0 Å². The van der Waals surface area contributed by atoms with Crippen molar-refractivity contribution >= 4 is 11.5 Å². The first-order valence-corrected chi connectivity index (χ1v) is 7.03. The van der Waals surface area contributed by atoms with Crippen LogP contribution in [0.3, 0.4) is 0 Å². The monoisotopic (exact) mass is 247 g/mol. The largest absolute Gasteiger partial charge is 0.489 e. The van der Waals surface area contributed by atoms with Crippen LogP contribution in [0.25, 0.3) is 0 Å². The number of ether oxygens (including phenoxy) is 1. The molecule has 2 heterocycles. The van der Waals surface area contributed by atoms with Crippen molar-refractivity contribution in [2.24, 2.45) is 5.92 Å². The van der Waals surface area contributed by atoms with Gasteiger partial charge in [-0.1, -0.05) is 19.3 Å². The van der Waals surface area contributed by atoms with Crippen molar-refractivity contribution < 1.29 is 4.74 Å². The maximum atomic E-state index is 5.61. The van der Waals surface area contributed by atoms with Crippen LogP contribution in [0.4, 0.5) is 11.5 Å². The van der Waals surface area contributed by atoms with Gasteiger partial charge in [0.1, 0.15) is 18.0 Å². The van der Waals surface area contributed by atoms with Crippen LogP contribution < -0.4 is 15.4 Å². The Hall–Kier alpha value is -1.45. The van der Waals surface area contributed by atoms with E-state index in [-0.39, 0.29) is 0 Å². The van der Waals surface area contributed by atoms with Gasteiger partial charge in [-0.15, -0.1) is 0 Å². The van der Waals surface area contributed by atoms with Crippen LogP contribution in [-0.4, -0.2) is 24.7 Å². The van der Waals surface area contributed by atoms with Crippen molar-refractivity contribution in [3.63, 3.8) is 0 Å². The highest BCUT2D eigenvalue weighted by Crippen LogP contribution is 2.33. The van der Waals surface area contributed by atoms with Gasteiger partial charge in [0, 0.05) is 25.4 Å². The average molecular weight is 247 g/mol. The van der Waals surface area contributed by atoms with Crippen molar-refractivity contribution in [2.45, 2.75) is 32.1 Å². The Morgan fingerprint density at radius 1 is 1.33 bits per heavy atom. The van der Waals surface area contributed by atoms with E-state index < -0.39 is 0 Å². The maximum Gasteiger partial charge on any atom is 0.153 e. The van der Waals surface area contributed by atoms with E-state index in [0.717, 1.165) is 42.9 Å². The first-order valence-electron chi connectivity index (χ1n) is 7.03. The van der Waals surface area contributed by atoms with Crippen molar-refractivity contribution in [3.05, 3.63) is 12.3 Å². The van der Waals surface area contributed by atoms with Crippen LogP contribution in [0.5, 0.6) is 5.75 Å². The number of fused-ring (bicyclic) bond motifs is 1. The molecule has 0 radical (unpaired) electrons. The summed E-state index contributed by atoms with van der Waals surface area (Å²) in [5.41, 5.74) is 1.03. The van der Waals surface area contributed by atoms with Gasteiger partial charge in [0.2, 0.25) is 0 Å². The molecule has 0 spiro atoms. The molecule has 1 aromatic rings. The zero-order chi connectivity index (χ0) is 12.2. The van der Waals surface area contributed by atoms with E-state index >= 15 is 0 Å². The summed E-state index contributed by atoms with van der Waals surface area (Å²) in [6, 6.07) is 1.92. The molecule has 4 heteroatoms. The van der Waals surface area contributed by atoms with Crippen molar-refractivity contribution in [2.75, 3.05) is 30.3 Å². The van der Waals surface area contributed by atoms with Gasteiger partial charge in [-0.05, 0) is 18.8 Å². The first-order chi connectivity index (χ1) is 8.93. The molecule has 0 unspecified atom stereocenters. The van der Waals surface area contributed by atoms with Gasteiger partial charge in [0.15, 0.2) is 5.82 Å². The molecule has 0 atom stereocenters. The fourth-order valence-corrected chi connectivity index (χ4v) is 2.84. The highest BCUT2D eigenvalue weighted by Gasteiger charge is 2.17. The molecule has 18 heavy (non-hydrogen) atoms. The molecule has 1 aromatic heterocycles. The topological polar surface area (TPSA) is 46.2 Å². The Labute approximate surface area is 108 Å². The van der Waals surface area contributed by atoms with Crippen LogP contribution in [-0.2, 0) is 0 Å². The normalized spacial score (nSPS) is 19.6. The Kier molecular flexibility index (Phi) is 3.53. The van der Waals surface area contributed by atoms with E-state index in [1.165, 1.54) is 32.1 Å². The molecule has 1 aliphatic carbocycles. The molecule has 0 saturated heterocycles. The van der Waals surface area contributed by atoms with Crippen molar-refractivity contribution in [1.82, 2.24) is 4.98 Å². The van der Waals surface area contributed by atoms with E-state index in [1.54, 1.807) is 0 Å². The quantitative estimate of drug-likeness (QED) is 0.862. The molecule has 1 saturated carbocycles. The summed E-state index contributed by atoms with van der Waals surface area (Å²) in [6.07, 6.45) is 8.69. The summed E-state index contributed by atoms with van der Waals surface area (Å²) < 4.78 is 5.61. The first kappa shape index (κ1) is 11.6. The summed E-state index contributed by atoms with van der Waals surface area (Å²) in [4.78, 5) is 4.42. The van der Waals surface area contributed by atoms with Gasteiger partial charge in [-0.25, -0.2) is 4.98 Å². The number of pyridine rings is 1. The van der Waals surface area contributed by atoms with E-state index in [9.17, 15) is 0 Å². The summed E-state index contributed by atoms with van der Waals surface area (Å²) >= 11 is 0. The second-order valence-corrected chi connectivity index (χ2v) is 5.19. The summed E-state index contributed by atoms with van der Waals surface area (Å²) in [5, 5.41) is 6.86. The lowest BCUT2D eigenvalue weighted by Crippen LogP contribution is -2.22. The molecule has 0 amide bonds. The Balaban J connectivity index is 1.65. The molecule has 0 aromatic carbocycles. The van der Waals surface area contributed by atoms with Gasteiger partial charge >= 0.3 is 0 Å². The average Bonchev–Trinajstić information content (AvgIpc) is 2.46. The third-order valence-electron chi connectivity index (χ3n) is 3.86. The predicted octanol–water partition coefficient (Wildman–Crippen LogP) is 2.88. The zero-order valence-corrected chi connectivity index (χ0v) is 10.7. The minimum Gasteiger partial charge on any atom is -0.489 e. The summed E-state index contributed by atoms with van der Waals surface area (Å²) in [6.45, 7) is 2.63. The smallest absolute Gasteiger partial charge is 0.153 e. The second kappa shape index (κ2) is 5.46. The Morgan fingerprint density at radius 2 is 2.22 bits per heavy atom. The molecular weight excluding hydrogens is 226 g/mol. The number of hydrogen-bond acceptors (Lipinski definition) is 4. The lowest BCUT2D eigenvalue weighted by atomic mass is 9.89. The van der Waals surface area contributed by atoms with Gasteiger partial charge in [-0.3, -0.25) is 0 Å². The maximum absolute atomic E-state index is 5.61. The molecular formula is C14H21N3O. The molecule has 1 aliphatic heterocycles. The summed E-state index contributed by atoms with van der Waals surface area (Å²) in [7, 11) is 0. The molecule has 2 aliphatic rings. The number of hydrogen-bond donors (Lipinski definition) is 2. The fourth-order valence-electron chi connectivity index (χ4n) is 2.84. The van der Waals surface area contributed by atoms with E-state index in [2.05, 4.69) is 15.6 Å². The molecule has 4 nitrogen and oxygen atoms in total. The number of rotatable bonds is 3. The summed E-state index contributed by atoms with van der Waals surface area (Å²) in [5.74, 6) is 2.67. The fraction of sp³-hybridized carbons (Fsp3) is 0.643. The SMILES string of the molecule is c1cc2c(c(NCC3CCCCC3)n1)NCCO2. The van der Waals surface area contributed by atoms with Crippen LogP contribution in [0.15, 0.2) is 12.3 Å². The molecule has 3 rings (SSSR count). The van der Waals surface area contributed by atoms with Gasteiger partial charge in [-0.2, -0.15) is 0 Å². The second-order valence-electron chi connectivity index (χ2n) is 5.19. The third kappa shape index (κ3) is 2.52. The van der Waals surface area contributed by atoms with Crippen LogP contribution in [0.2, 0.25) is 0 Å². The molecule has 98 valence electrons. The number of anilines is 2. The van der Waals surface area contributed by atoms with Crippen LogP contribution >= 0.6 is 0 Å². The van der Waals surface area contributed by atoms with E-state index in [1.807, 2.05) is 12.3 Å². The molecule has 1 fully saturated rings. The zero-order valence-electron chi connectivity index (χ0n) is 10.7. The minimum absolute atomic E-state index is 0.735. The third-order valence-corrected chi connectivity index (χ3v) is 3.86. The number of nitrogens with one attached hydrogen (secondary N) is 2. The predicted molar refractivity (Wildman–Crippen MR) is 73.3 cm³/mol. The number of aromatic nitrogens is 1. The van der Waals surface area contributed by atoms with Gasteiger partial charge < -0.3 is 15.4 Å². The standard InChI is InChI=1S/C14H21N3O/c1-2-4-11(5-3-1)10-17-14-13-12(6-7-16-14)18-9-8-15-13/h6-7,11,15H,1-5,8-10H2,(H,16,17). The van der Waals surface area contributed by atoms with E-state index in [4.69, 9.17) is 4.74 Å². The van der Waals surface area contributed by atoms with Gasteiger partial charge in [0.25, 0.3) is 0 Å². The Bertz CT molecular complexity index is 402. The molecule has 2 N–H and O–H groups in total. The minimum atomic E-state index is 0.735. The lowest BCUT2D eigenvalue weighted by molar-refractivity contribution is 0.323. The number of nitrogens with zero attached hydrogens (tertiary/aromatic N) is 1.